The molecule has 0 bridgehead atoms. The van der Waals surface area contributed by atoms with Crippen LogP contribution in [-0.4, -0.2) is 30.1 Å². The van der Waals surface area contributed by atoms with Gasteiger partial charge in [-0.15, -0.1) is 11.3 Å². The molecule has 3 aromatic rings. The molecule has 2 aromatic carbocycles. The maximum absolute atomic E-state index is 13.2. The van der Waals surface area contributed by atoms with E-state index in [2.05, 4.69) is 19.2 Å². The summed E-state index contributed by atoms with van der Waals surface area (Å²) in [5, 5.41) is 4.88. The van der Waals surface area contributed by atoms with Crippen LogP contribution in [0.15, 0.2) is 65.0 Å². The second kappa shape index (κ2) is 9.09. The number of benzene rings is 2. The summed E-state index contributed by atoms with van der Waals surface area (Å²) in [6.45, 7) is 4.62. The van der Waals surface area contributed by atoms with Gasteiger partial charge in [-0.25, -0.2) is 0 Å². The molecule has 0 saturated carbocycles. The van der Waals surface area contributed by atoms with E-state index < -0.39 is 0 Å². The van der Waals surface area contributed by atoms with E-state index in [4.69, 9.17) is 9.73 Å². The molecule has 0 fully saturated rings. The Kier molecular flexibility index (Phi) is 6.24. The molecule has 2 heterocycles. The lowest BCUT2D eigenvalue weighted by molar-refractivity contribution is 0.0951. The highest BCUT2D eigenvalue weighted by atomic mass is 32.1. The van der Waals surface area contributed by atoms with Crippen molar-refractivity contribution < 1.29 is 14.3 Å². The number of carbonyl (C=O) groups is 2. The first-order valence-corrected chi connectivity index (χ1v) is 11.4. The smallest absolute Gasteiger partial charge is 0.251 e. The fraction of sp³-hybridized carbons (Fsp3) is 0.269. The van der Waals surface area contributed by atoms with Crippen LogP contribution in [0.3, 0.4) is 0 Å². The van der Waals surface area contributed by atoms with Crippen LogP contribution in [-0.2, 0) is 13.0 Å². The van der Waals surface area contributed by atoms with Gasteiger partial charge >= 0.3 is 0 Å². The minimum atomic E-state index is -0.277. The summed E-state index contributed by atoms with van der Waals surface area (Å²) in [6, 6.07) is 16.8. The number of fused-ring (bicyclic) bond motifs is 1. The first-order chi connectivity index (χ1) is 15.3. The average molecular weight is 447 g/mol. The number of hydrogen-bond acceptors (Lipinski definition) is 5. The molecule has 4 rings (SSSR count). The molecule has 0 aliphatic carbocycles. The fourth-order valence-corrected chi connectivity index (χ4v) is 4.59. The van der Waals surface area contributed by atoms with Crippen molar-refractivity contribution in [3.8, 4) is 5.75 Å². The molecule has 1 amide bonds. The standard InChI is InChI=1S/C26H26N2O3S/c1-26(2)15-19-9-10-20(31-3)13-22(19)23(28-26)14-24(29)17-6-4-7-18(12-17)25(30)27-16-21-8-5-11-32-21/h4-13H,14-16H2,1-3H3,(H,27,30). The van der Waals surface area contributed by atoms with Crippen molar-refractivity contribution in [2.45, 2.75) is 38.8 Å². The molecule has 0 spiro atoms. The third kappa shape index (κ3) is 4.97. The summed E-state index contributed by atoms with van der Waals surface area (Å²) in [7, 11) is 1.63. The molecule has 32 heavy (non-hydrogen) atoms. The number of carbonyl (C=O) groups excluding carboxylic acids is 2. The van der Waals surface area contributed by atoms with Crippen molar-refractivity contribution in [1.29, 1.82) is 0 Å². The highest BCUT2D eigenvalue weighted by Gasteiger charge is 2.28. The Morgan fingerprint density at radius 1 is 1.09 bits per heavy atom. The number of rotatable bonds is 7. The first-order valence-electron chi connectivity index (χ1n) is 10.5. The highest BCUT2D eigenvalue weighted by Crippen LogP contribution is 2.31. The number of amides is 1. The van der Waals surface area contributed by atoms with Crippen molar-refractivity contribution in [3.63, 3.8) is 0 Å². The van der Waals surface area contributed by atoms with Gasteiger partial charge in [-0.3, -0.25) is 14.6 Å². The minimum absolute atomic E-state index is 0.0665. The van der Waals surface area contributed by atoms with Crippen LogP contribution >= 0.6 is 11.3 Å². The first kappa shape index (κ1) is 22.0. The molecule has 1 aliphatic heterocycles. The number of Topliss-reactive ketones (excluding diaryl/α,β-unsaturated/α-hetero) is 1. The van der Waals surface area contributed by atoms with Crippen LogP contribution in [0.2, 0.25) is 0 Å². The molecule has 0 atom stereocenters. The molecule has 1 aliphatic rings. The Morgan fingerprint density at radius 3 is 2.66 bits per heavy atom. The van der Waals surface area contributed by atoms with E-state index in [0.717, 1.165) is 33.9 Å². The van der Waals surface area contributed by atoms with E-state index in [1.54, 1.807) is 42.7 Å². The van der Waals surface area contributed by atoms with Crippen LogP contribution in [0.1, 0.15) is 57.0 Å². The molecule has 164 valence electrons. The van der Waals surface area contributed by atoms with Crippen LogP contribution in [0.25, 0.3) is 0 Å². The number of ketones is 1. The maximum Gasteiger partial charge on any atom is 0.251 e. The molecule has 0 radical (unpaired) electrons. The zero-order valence-corrected chi connectivity index (χ0v) is 19.3. The lowest BCUT2D eigenvalue weighted by Gasteiger charge is -2.29. The monoisotopic (exact) mass is 446 g/mol. The zero-order chi connectivity index (χ0) is 22.7. The van der Waals surface area contributed by atoms with Gasteiger partial charge in [-0.1, -0.05) is 24.3 Å². The van der Waals surface area contributed by atoms with Gasteiger partial charge in [-0.05, 0) is 61.5 Å². The number of ether oxygens (including phenoxy) is 1. The van der Waals surface area contributed by atoms with Crippen molar-refractivity contribution in [3.05, 3.63) is 87.1 Å². The minimum Gasteiger partial charge on any atom is -0.497 e. The number of methoxy groups -OCH3 is 1. The number of aliphatic imine (C=N–C) groups is 1. The van der Waals surface area contributed by atoms with Crippen molar-refractivity contribution in [2.24, 2.45) is 4.99 Å². The van der Waals surface area contributed by atoms with Gasteiger partial charge < -0.3 is 10.1 Å². The summed E-state index contributed by atoms with van der Waals surface area (Å²) in [5.74, 6) is 0.482. The van der Waals surface area contributed by atoms with Gasteiger partial charge in [0.05, 0.1) is 31.3 Å². The van der Waals surface area contributed by atoms with Gasteiger partial charge in [-0.2, -0.15) is 0 Å². The van der Waals surface area contributed by atoms with E-state index in [-0.39, 0.29) is 23.7 Å². The van der Waals surface area contributed by atoms with Crippen LogP contribution in [0.5, 0.6) is 5.75 Å². The second-order valence-corrected chi connectivity index (χ2v) is 9.55. The van der Waals surface area contributed by atoms with E-state index >= 15 is 0 Å². The molecular weight excluding hydrogens is 420 g/mol. The van der Waals surface area contributed by atoms with Gasteiger partial charge in [0.2, 0.25) is 0 Å². The molecule has 1 N–H and O–H groups in total. The second-order valence-electron chi connectivity index (χ2n) is 8.51. The summed E-state index contributed by atoms with van der Waals surface area (Å²) >= 11 is 1.59. The highest BCUT2D eigenvalue weighted by molar-refractivity contribution is 7.09. The van der Waals surface area contributed by atoms with Crippen LogP contribution in [0.4, 0.5) is 0 Å². The molecule has 0 unspecified atom stereocenters. The average Bonchev–Trinajstić information content (AvgIpc) is 3.30. The number of nitrogens with zero attached hydrogens (tertiary/aromatic N) is 1. The molecule has 5 nitrogen and oxygen atoms in total. The SMILES string of the molecule is COc1ccc2c(c1)C(CC(=O)c1cccc(C(=O)NCc3cccs3)c1)=NC(C)(C)C2. The number of hydrogen-bond donors (Lipinski definition) is 1. The summed E-state index contributed by atoms with van der Waals surface area (Å²) in [4.78, 5) is 31.7. The Labute approximate surface area is 192 Å². The van der Waals surface area contributed by atoms with Gasteiger partial charge in [0.25, 0.3) is 5.91 Å². The van der Waals surface area contributed by atoms with Crippen molar-refractivity contribution in [2.75, 3.05) is 7.11 Å². The Morgan fingerprint density at radius 2 is 1.91 bits per heavy atom. The maximum atomic E-state index is 13.2. The van der Waals surface area contributed by atoms with Crippen molar-refractivity contribution in [1.82, 2.24) is 5.32 Å². The van der Waals surface area contributed by atoms with Crippen LogP contribution in [0, 0.1) is 0 Å². The Hall–Kier alpha value is -3.25. The zero-order valence-electron chi connectivity index (χ0n) is 18.5. The topological polar surface area (TPSA) is 67.8 Å². The predicted molar refractivity (Wildman–Crippen MR) is 128 cm³/mol. The third-order valence-corrected chi connectivity index (χ3v) is 6.34. The summed E-state index contributed by atoms with van der Waals surface area (Å²) in [6.07, 6.45) is 0.980. The van der Waals surface area contributed by atoms with E-state index in [9.17, 15) is 9.59 Å². The predicted octanol–water partition coefficient (Wildman–Crippen LogP) is 5.08. The van der Waals surface area contributed by atoms with Crippen LogP contribution < -0.4 is 10.1 Å². The van der Waals surface area contributed by atoms with E-state index in [0.29, 0.717) is 17.7 Å². The van der Waals surface area contributed by atoms with E-state index in [1.165, 1.54) is 0 Å². The largest absolute Gasteiger partial charge is 0.497 e. The summed E-state index contributed by atoms with van der Waals surface area (Å²) < 4.78 is 5.38. The quantitative estimate of drug-likeness (QED) is 0.515. The summed E-state index contributed by atoms with van der Waals surface area (Å²) in [5.41, 5.74) is 3.58. The Bertz CT molecular complexity index is 1180. The lowest BCUT2D eigenvalue weighted by Crippen LogP contribution is -2.30. The molecular formula is C26H26N2O3S. The van der Waals surface area contributed by atoms with Gasteiger partial charge in [0.1, 0.15) is 5.75 Å². The fourth-order valence-electron chi connectivity index (χ4n) is 3.94. The van der Waals surface area contributed by atoms with Crippen molar-refractivity contribution >= 4 is 28.7 Å². The molecule has 1 aromatic heterocycles. The lowest BCUT2D eigenvalue weighted by atomic mass is 9.85. The van der Waals surface area contributed by atoms with Gasteiger partial charge in [0, 0.05) is 21.6 Å². The third-order valence-electron chi connectivity index (χ3n) is 5.47. The number of thiophene rings is 1. The Balaban J connectivity index is 1.53. The molecule has 0 saturated heterocycles. The molecule has 6 heteroatoms. The normalized spacial score (nSPS) is 14.3. The van der Waals surface area contributed by atoms with E-state index in [1.807, 2.05) is 35.7 Å². The van der Waals surface area contributed by atoms with Gasteiger partial charge in [0.15, 0.2) is 5.78 Å². The number of nitrogens with one attached hydrogen (secondary N) is 1.